The van der Waals surface area contributed by atoms with Crippen LogP contribution < -0.4 is 5.32 Å². The van der Waals surface area contributed by atoms with E-state index in [2.05, 4.69) is 19.2 Å². The Kier molecular flexibility index (Phi) is 6.80. The van der Waals surface area contributed by atoms with Crippen molar-refractivity contribution < 1.29 is 14.6 Å². The Morgan fingerprint density at radius 1 is 1.37 bits per heavy atom. The van der Waals surface area contributed by atoms with Crippen molar-refractivity contribution in [3.63, 3.8) is 0 Å². The average molecular weight is 271 g/mol. The molecule has 1 unspecified atom stereocenters. The fourth-order valence-electron chi connectivity index (χ4n) is 2.97. The summed E-state index contributed by atoms with van der Waals surface area (Å²) < 4.78 is 5.16. The summed E-state index contributed by atoms with van der Waals surface area (Å²) in [5.41, 5.74) is -0.237. The van der Waals surface area contributed by atoms with E-state index in [1.807, 2.05) is 0 Å². The summed E-state index contributed by atoms with van der Waals surface area (Å²) in [6.07, 6.45) is 5.62. The molecule has 0 spiro atoms. The molecule has 0 heterocycles. The minimum Gasteiger partial charge on any atom is -0.396 e. The SMILES string of the molecule is COCCC1(C(=O)NC(CCO)C(C)C)CCCC1. The van der Waals surface area contributed by atoms with Crippen LogP contribution in [0.2, 0.25) is 0 Å². The smallest absolute Gasteiger partial charge is 0.226 e. The Bertz CT molecular complexity index is 273. The summed E-state index contributed by atoms with van der Waals surface area (Å²) in [4.78, 5) is 12.6. The first-order valence-electron chi connectivity index (χ1n) is 7.46. The van der Waals surface area contributed by atoms with Gasteiger partial charge in [-0.05, 0) is 31.6 Å². The Balaban J connectivity index is 2.65. The van der Waals surface area contributed by atoms with Crippen molar-refractivity contribution >= 4 is 5.91 Å². The molecule has 0 aromatic heterocycles. The fourth-order valence-corrected chi connectivity index (χ4v) is 2.97. The molecule has 1 aliphatic rings. The maximum absolute atomic E-state index is 12.6. The Morgan fingerprint density at radius 3 is 2.47 bits per heavy atom. The van der Waals surface area contributed by atoms with Crippen molar-refractivity contribution in [1.82, 2.24) is 5.32 Å². The van der Waals surface area contributed by atoms with Gasteiger partial charge in [-0.2, -0.15) is 0 Å². The number of ether oxygens (including phenoxy) is 1. The Labute approximate surface area is 116 Å². The molecule has 4 heteroatoms. The number of nitrogens with one attached hydrogen (secondary N) is 1. The second-order valence-corrected chi connectivity index (χ2v) is 6.07. The van der Waals surface area contributed by atoms with Crippen molar-refractivity contribution in [2.75, 3.05) is 20.3 Å². The molecule has 0 saturated heterocycles. The highest BCUT2D eigenvalue weighted by atomic mass is 16.5. The van der Waals surface area contributed by atoms with E-state index in [0.29, 0.717) is 18.9 Å². The van der Waals surface area contributed by atoms with Gasteiger partial charge in [0.2, 0.25) is 5.91 Å². The highest BCUT2D eigenvalue weighted by Crippen LogP contribution is 2.41. The van der Waals surface area contributed by atoms with E-state index in [-0.39, 0.29) is 24.0 Å². The first kappa shape index (κ1) is 16.4. The van der Waals surface area contributed by atoms with Gasteiger partial charge < -0.3 is 15.2 Å². The molecule has 0 aliphatic heterocycles. The van der Waals surface area contributed by atoms with Crippen LogP contribution in [0.5, 0.6) is 0 Å². The number of methoxy groups -OCH3 is 1. The minimum absolute atomic E-state index is 0.0671. The summed E-state index contributed by atoms with van der Waals surface area (Å²) in [6, 6.07) is 0.0671. The average Bonchev–Trinajstić information content (AvgIpc) is 2.85. The van der Waals surface area contributed by atoms with Crippen LogP contribution >= 0.6 is 0 Å². The number of amides is 1. The summed E-state index contributed by atoms with van der Waals surface area (Å²) in [7, 11) is 1.68. The summed E-state index contributed by atoms with van der Waals surface area (Å²) in [5, 5.41) is 12.3. The lowest BCUT2D eigenvalue weighted by Gasteiger charge is -2.31. The molecular formula is C15H29NO3. The van der Waals surface area contributed by atoms with Gasteiger partial charge in [-0.1, -0.05) is 26.7 Å². The normalized spacial score (nSPS) is 19.6. The number of aliphatic hydroxyl groups is 1. The van der Waals surface area contributed by atoms with Crippen molar-refractivity contribution in [1.29, 1.82) is 0 Å². The van der Waals surface area contributed by atoms with E-state index in [0.717, 1.165) is 32.1 Å². The summed E-state index contributed by atoms with van der Waals surface area (Å²) in [5.74, 6) is 0.506. The molecule has 0 aromatic carbocycles. The number of carbonyl (C=O) groups excluding carboxylic acids is 1. The van der Waals surface area contributed by atoms with E-state index in [1.54, 1.807) is 7.11 Å². The number of hydrogen-bond acceptors (Lipinski definition) is 3. The molecule has 0 radical (unpaired) electrons. The highest BCUT2D eigenvalue weighted by molar-refractivity contribution is 5.83. The van der Waals surface area contributed by atoms with E-state index < -0.39 is 0 Å². The van der Waals surface area contributed by atoms with Crippen LogP contribution in [0.3, 0.4) is 0 Å². The molecule has 1 fully saturated rings. The topological polar surface area (TPSA) is 58.6 Å². The number of carbonyl (C=O) groups is 1. The fraction of sp³-hybridized carbons (Fsp3) is 0.933. The zero-order valence-corrected chi connectivity index (χ0v) is 12.6. The second-order valence-electron chi connectivity index (χ2n) is 6.07. The molecule has 1 amide bonds. The van der Waals surface area contributed by atoms with Gasteiger partial charge in [0.1, 0.15) is 0 Å². The van der Waals surface area contributed by atoms with Crippen LogP contribution in [-0.2, 0) is 9.53 Å². The molecule has 112 valence electrons. The highest BCUT2D eigenvalue weighted by Gasteiger charge is 2.41. The molecule has 1 saturated carbocycles. The third-order valence-corrected chi connectivity index (χ3v) is 4.39. The molecule has 19 heavy (non-hydrogen) atoms. The largest absolute Gasteiger partial charge is 0.396 e. The standard InChI is InChI=1S/C15H29NO3/c1-12(2)13(6-10-17)16-14(18)15(9-11-19-3)7-4-5-8-15/h12-13,17H,4-11H2,1-3H3,(H,16,18). The lowest BCUT2D eigenvalue weighted by Crippen LogP contribution is -2.47. The first-order chi connectivity index (χ1) is 9.05. The number of rotatable bonds is 8. The molecule has 1 aliphatic carbocycles. The van der Waals surface area contributed by atoms with Crippen LogP contribution in [0.1, 0.15) is 52.4 Å². The molecular weight excluding hydrogens is 242 g/mol. The minimum atomic E-state index is -0.237. The van der Waals surface area contributed by atoms with Crippen LogP contribution in [0.4, 0.5) is 0 Å². The van der Waals surface area contributed by atoms with Crippen molar-refractivity contribution in [2.45, 2.75) is 58.4 Å². The zero-order valence-electron chi connectivity index (χ0n) is 12.6. The Hall–Kier alpha value is -0.610. The van der Waals surface area contributed by atoms with E-state index in [1.165, 1.54) is 0 Å². The van der Waals surface area contributed by atoms with Crippen molar-refractivity contribution in [3.05, 3.63) is 0 Å². The van der Waals surface area contributed by atoms with E-state index in [9.17, 15) is 4.79 Å². The van der Waals surface area contributed by atoms with Crippen molar-refractivity contribution in [3.8, 4) is 0 Å². The Morgan fingerprint density at radius 2 is 2.00 bits per heavy atom. The summed E-state index contributed by atoms with van der Waals surface area (Å²) in [6.45, 7) is 4.92. The number of aliphatic hydroxyl groups excluding tert-OH is 1. The van der Waals surface area contributed by atoms with Gasteiger partial charge in [-0.25, -0.2) is 0 Å². The van der Waals surface area contributed by atoms with Gasteiger partial charge >= 0.3 is 0 Å². The van der Waals surface area contributed by atoms with Crippen LogP contribution in [0, 0.1) is 11.3 Å². The number of hydrogen-bond donors (Lipinski definition) is 2. The second kappa shape index (κ2) is 7.85. The molecule has 2 N–H and O–H groups in total. The van der Waals surface area contributed by atoms with Crippen LogP contribution in [-0.4, -0.2) is 37.4 Å². The lowest BCUT2D eigenvalue weighted by molar-refractivity contribution is -0.133. The summed E-state index contributed by atoms with van der Waals surface area (Å²) >= 11 is 0. The maximum atomic E-state index is 12.6. The third kappa shape index (κ3) is 4.46. The molecule has 1 atom stereocenters. The first-order valence-corrected chi connectivity index (χ1v) is 7.46. The monoisotopic (exact) mass is 271 g/mol. The van der Waals surface area contributed by atoms with Gasteiger partial charge in [0, 0.05) is 26.4 Å². The van der Waals surface area contributed by atoms with Gasteiger partial charge in [-0.15, -0.1) is 0 Å². The van der Waals surface area contributed by atoms with Gasteiger partial charge in [0.05, 0.1) is 5.41 Å². The van der Waals surface area contributed by atoms with Crippen molar-refractivity contribution in [2.24, 2.45) is 11.3 Å². The van der Waals surface area contributed by atoms with E-state index in [4.69, 9.17) is 9.84 Å². The third-order valence-electron chi connectivity index (χ3n) is 4.39. The molecule has 4 nitrogen and oxygen atoms in total. The van der Waals surface area contributed by atoms with Gasteiger partial charge in [0.25, 0.3) is 0 Å². The van der Waals surface area contributed by atoms with Gasteiger partial charge in [-0.3, -0.25) is 4.79 Å². The zero-order chi connectivity index (χ0) is 14.3. The molecule has 0 aromatic rings. The van der Waals surface area contributed by atoms with Gasteiger partial charge in [0.15, 0.2) is 0 Å². The molecule has 1 rings (SSSR count). The maximum Gasteiger partial charge on any atom is 0.226 e. The van der Waals surface area contributed by atoms with Crippen LogP contribution in [0.15, 0.2) is 0 Å². The predicted octanol–water partition coefficient (Wildman–Crippen LogP) is 2.11. The lowest BCUT2D eigenvalue weighted by atomic mass is 9.81. The quantitative estimate of drug-likeness (QED) is 0.711. The molecule has 0 bridgehead atoms. The van der Waals surface area contributed by atoms with Crippen LogP contribution in [0.25, 0.3) is 0 Å². The predicted molar refractivity (Wildman–Crippen MR) is 75.9 cm³/mol. The van der Waals surface area contributed by atoms with E-state index >= 15 is 0 Å².